The van der Waals surface area contributed by atoms with Gasteiger partial charge in [0.25, 0.3) is 11.8 Å². The third-order valence-electron chi connectivity index (χ3n) is 5.97. The number of ether oxygens (including phenoxy) is 2. The van der Waals surface area contributed by atoms with Crippen LogP contribution in [0, 0.1) is 5.82 Å². The second-order valence-electron chi connectivity index (χ2n) is 8.77. The molecule has 0 heterocycles. The van der Waals surface area contributed by atoms with Gasteiger partial charge < -0.3 is 20.1 Å². The first-order valence-electron chi connectivity index (χ1n) is 12.6. The van der Waals surface area contributed by atoms with E-state index in [1.807, 2.05) is 0 Å². The van der Waals surface area contributed by atoms with Gasteiger partial charge in [-0.3, -0.25) is 14.4 Å². The molecule has 4 aromatic rings. The van der Waals surface area contributed by atoms with Crippen molar-refractivity contribution >= 4 is 35.4 Å². The van der Waals surface area contributed by atoms with E-state index in [-0.39, 0.29) is 17.3 Å². The van der Waals surface area contributed by atoms with Gasteiger partial charge >= 0.3 is 0 Å². The number of halogens is 1. The van der Waals surface area contributed by atoms with Crippen molar-refractivity contribution < 1.29 is 28.2 Å². The van der Waals surface area contributed by atoms with E-state index in [2.05, 4.69) is 10.6 Å². The third-order valence-corrected chi connectivity index (χ3v) is 5.97. The number of amides is 2. The molecule has 0 saturated heterocycles. The summed E-state index contributed by atoms with van der Waals surface area (Å²) in [6, 6.07) is 25.7. The lowest BCUT2D eigenvalue weighted by Crippen LogP contribution is -2.30. The van der Waals surface area contributed by atoms with Gasteiger partial charge in [-0.25, -0.2) is 4.39 Å². The number of carbonyl (C=O) groups is 3. The number of nitrogens with one attached hydrogen (secondary N) is 2. The minimum Gasteiger partial charge on any atom is -0.493 e. The Kier molecular flexibility index (Phi) is 9.41. The molecule has 41 heavy (non-hydrogen) atoms. The number of methoxy groups -OCH3 is 2. The Morgan fingerprint density at radius 1 is 0.732 bits per heavy atom. The highest BCUT2D eigenvalue weighted by atomic mass is 19.1. The number of hydrogen-bond acceptors (Lipinski definition) is 5. The predicted molar refractivity (Wildman–Crippen MR) is 156 cm³/mol. The van der Waals surface area contributed by atoms with Crippen molar-refractivity contribution in [2.75, 3.05) is 19.5 Å². The predicted octanol–water partition coefficient (Wildman–Crippen LogP) is 6.15. The average molecular weight is 551 g/mol. The van der Waals surface area contributed by atoms with Crippen LogP contribution in [-0.2, 0) is 4.79 Å². The molecule has 7 nitrogen and oxygen atoms in total. The van der Waals surface area contributed by atoms with Gasteiger partial charge in [0, 0.05) is 16.8 Å². The van der Waals surface area contributed by atoms with Crippen LogP contribution in [0.4, 0.5) is 10.1 Å². The molecular formula is C33H27FN2O5. The van der Waals surface area contributed by atoms with Gasteiger partial charge in [0.15, 0.2) is 17.3 Å². The standard InChI is InChI=1S/C33H27FN2O5/c1-40-30-19-11-23(21-31(30)41-2)20-28(36-32(38)25-6-4-3-5-7-25)33(39)35-27-16-12-24(13-17-27)29(37)18-10-22-8-14-26(34)15-9-22/h3-21H,1-2H3,(H,35,39)(H,36,38)/b18-10+,28-20-. The monoisotopic (exact) mass is 550 g/mol. The maximum absolute atomic E-state index is 13.3. The first-order valence-corrected chi connectivity index (χ1v) is 12.6. The summed E-state index contributed by atoms with van der Waals surface area (Å²) in [4.78, 5) is 38.8. The van der Waals surface area contributed by atoms with Crippen molar-refractivity contribution in [2.24, 2.45) is 0 Å². The highest BCUT2D eigenvalue weighted by Crippen LogP contribution is 2.28. The largest absolute Gasteiger partial charge is 0.493 e. The van der Waals surface area contributed by atoms with Crippen molar-refractivity contribution in [3.8, 4) is 11.5 Å². The van der Waals surface area contributed by atoms with E-state index >= 15 is 0 Å². The number of ketones is 1. The van der Waals surface area contributed by atoms with Crippen LogP contribution in [0.25, 0.3) is 12.2 Å². The Morgan fingerprint density at radius 3 is 2.05 bits per heavy atom. The summed E-state index contributed by atoms with van der Waals surface area (Å²) in [5.41, 5.74) is 2.48. The quantitative estimate of drug-likeness (QED) is 0.183. The molecule has 0 saturated carbocycles. The van der Waals surface area contributed by atoms with Gasteiger partial charge in [-0.1, -0.05) is 42.5 Å². The first kappa shape index (κ1) is 28.5. The van der Waals surface area contributed by atoms with Crippen molar-refractivity contribution in [3.05, 3.63) is 137 Å². The molecule has 0 atom stereocenters. The molecule has 0 aliphatic carbocycles. The molecule has 0 aliphatic heterocycles. The second kappa shape index (κ2) is 13.5. The Morgan fingerprint density at radius 2 is 1.39 bits per heavy atom. The Labute approximate surface area is 236 Å². The fourth-order valence-corrected chi connectivity index (χ4v) is 3.81. The molecule has 0 fully saturated rings. The van der Waals surface area contributed by atoms with Crippen LogP contribution in [0.5, 0.6) is 11.5 Å². The van der Waals surface area contributed by atoms with Gasteiger partial charge in [0.1, 0.15) is 11.5 Å². The van der Waals surface area contributed by atoms with Crippen LogP contribution in [0.3, 0.4) is 0 Å². The summed E-state index contributed by atoms with van der Waals surface area (Å²) >= 11 is 0. The zero-order valence-corrected chi connectivity index (χ0v) is 22.4. The van der Waals surface area contributed by atoms with E-state index < -0.39 is 11.8 Å². The van der Waals surface area contributed by atoms with Crippen LogP contribution >= 0.6 is 0 Å². The number of carbonyl (C=O) groups excluding carboxylic acids is 3. The van der Waals surface area contributed by atoms with Gasteiger partial charge in [0.05, 0.1) is 14.2 Å². The molecule has 8 heteroatoms. The fraction of sp³-hybridized carbons (Fsp3) is 0.0606. The van der Waals surface area contributed by atoms with Crippen LogP contribution in [0.2, 0.25) is 0 Å². The smallest absolute Gasteiger partial charge is 0.272 e. The summed E-state index contributed by atoms with van der Waals surface area (Å²) in [5, 5.41) is 5.44. The molecule has 0 radical (unpaired) electrons. The number of rotatable bonds is 10. The summed E-state index contributed by atoms with van der Waals surface area (Å²) < 4.78 is 23.7. The molecule has 0 unspecified atom stereocenters. The van der Waals surface area contributed by atoms with Crippen molar-refractivity contribution in [3.63, 3.8) is 0 Å². The lowest BCUT2D eigenvalue weighted by atomic mass is 10.1. The Balaban J connectivity index is 1.53. The fourth-order valence-electron chi connectivity index (χ4n) is 3.81. The Bertz CT molecular complexity index is 1600. The summed E-state index contributed by atoms with van der Waals surface area (Å²) in [6.07, 6.45) is 4.51. The number of anilines is 1. The van der Waals surface area contributed by atoms with Crippen molar-refractivity contribution in [1.29, 1.82) is 0 Å². The molecule has 2 N–H and O–H groups in total. The van der Waals surface area contributed by atoms with E-state index in [0.717, 1.165) is 0 Å². The lowest BCUT2D eigenvalue weighted by molar-refractivity contribution is -0.113. The van der Waals surface area contributed by atoms with Crippen LogP contribution < -0.4 is 20.1 Å². The maximum Gasteiger partial charge on any atom is 0.272 e. The van der Waals surface area contributed by atoms with E-state index in [1.54, 1.807) is 91.0 Å². The molecule has 0 aromatic heterocycles. The SMILES string of the molecule is COc1ccc(/C=C(\NC(=O)c2ccccc2)C(=O)Nc2ccc(C(=O)/C=C/c3ccc(F)cc3)cc2)cc1OC. The maximum atomic E-state index is 13.3. The molecule has 2 amide bonds. The third kappa shape index (κ3) is 7.77. The Hall–Kier alpha value is -5.50. The van der Waals surface area contributed by atoms with E-state index in [1.165, 1.54) is 38.5 Å². The van der Waals surface area contributed by atoms with Gasteiger partial charge in [0.2, 0.25) is 0 Å². The molecule has 206 valence electrons. The molecule has 0 spiro atoms. The molecule has 0 aliphatic rings. The van der Waals surface area contributed by atoms with Gasteiger partial charge in [-0.05, 0) is 83.9 Å². The van der Waals surface area contributed by atoms with Crippen LogP contribution in [0.1, 0.15) is 31.8 Å². The number of allylic oxidation sites excluding steroid dienone is 1. The highest BCUT2D eigenvalue weighted by molar-refractivity contribution is 6.11. The normalized spacial score (nSPS) is 11.1. The molecular weight excluding hydrogens is 523 g/mol. The highest BCUT2D eigenvalue weighted by Gasteiger charge is 2.16. The zero-order valence-electron chi connectivity index (χ0n) is 22.4. The summed E-state index contributed by atoms with van der Waals surface area (Å²) in [7, 11) is 3.02. The second-order valence-corrected chi connectivity index (χ2v) is 8.77. The molecule has 4 rings (SSSR count). The summed E-state index contributed by atoms with van der Waals surface area (Å²) in [6.45, 7) is 0. The zero-order chi connectivity index (χ0) is 29.2. The average Bonchev–Trinajstić information content (AvgIpc) is 3.00. The lowest BCUT2D eigenvalue weighted by Gasteiger charge is -2.13. The van der Waals surface area contributed by atoms with Crippen LogP contribution in [-0.4, -0.2) is 31.8 Å². The van der Waals surface area contributed by atoms with Gasteiger partial charge in [-0.2, -0.15) is 0 Å². The van der Waals surface area contributed by atoms with E-state index in [4.69, 9.17) is 9.47 Å². The van der Waals surface area contributed by atoms with Crippen molar-refractivity contribution in [1.82, 2.24) is 5.32 Å². The minimum absolute atomic E-state index is 0.00606. The minimum atomic E-state index is -0.570. The van der Waals surface area contributed by atoms with Gasteiger partial charge in [-0.15, -0.1) is 0 Å². The van der Waals surface area contributed by atoms with E-state index in [0.29, 0.717) is 39.4 Å². The first-order chi connectivity index (χ1) is 19.9. The molecule has 0 bridgehead atoms. The number of hydrogen-bond donors (Lipinski definition) is 2. The summed E-state index contributed by atoms with van der Waals surface area (Å²) in [5.74, 6) is -0.653. The van der Waals surface area contributed by atoms with E-state index in [9.17, 15) is 18.8 Å². The molecule has 4 aromatic carbocycles. The van der Waals surface area contributed by atoms with Crippen LogP contribution in [0.15, 0.2) is 109 Å². The topological polar surface area (TPSA) is 93.7 Å². The van der Waals surface area contributed by atoms with Crippen molar-refractivity contribution in [2.45, 2.75) is 0 Å². The number of benzene rings is 4.